The molecule has 2 aromatic heterocycles. The van der Waals surface area contributed by atoms with Crippen LogP contribution in [0.1, 0.15) is 20.8 Å². The van der Waals surface area contributed by atoms with Crippen LogP contribution in [0.25, 0.3) is 11.0 Å². The monoisotopic (exact) mass is 444 g/mol. The van der Waals surface area contributed by atoms with Crippen molar-refractivity contribution in [2.75, 3.05) is 31.1 Å². The Morgan fingerprint density at radius 3 is 2.41 bits per heavy atom. The number of nitrogens with zero attached hydrogens (tertiary/aromatic N) is 4. The van der Waals surface area contributed by atoms with Gasteiger partial charge in [0.1, 0.15) is 0 Å². The van der Waals surface area contributed by atoms with Gasteiger partial charge in [-0.15, -0.1) is 11.3 Å². The standard InChI is InChI=1S/C25H24N4O2S/c1-18-11-16-32-22(18)24(30)28-14-12-27(13-15-28)23-25(31)29(17-19-7-3-2-4-8-19)21-10-6-5-9-20(21)26-23/h2-11,16H,12-15,17H2,1H3. The Labute approximate surface area is 190 Å². The van der Waals surface area contributed by atoms with Gasteiger partial charge in [-0.2, -0.15) is 0 Å². The van der Waals surface area contributed by atoms with Crippen LogP contribution in [0.4, 0.5) is 5.82 Å². The molecule has 1 saturated heterocycles. The number of benzene rings is 2. The minimum atomic E-state index is -0.0959. The molecule has 1 amide bonds. The van der Waals surface area contributed by atoms with Crippen LogP contribution in [-0.2, 0) is 6.54 Å². The molecule has 0 radical (unpaired) electrons. The molecule has 0 spiro atoms. The van der Waals surface area contributed by atoms with Crippen LogP contribution in [0.5, 0.6) is 0 Å². The van der Waals surface area contributed by atoms with Crippen LogP contribution >= 0.6 is 11.3 Å². The molecule has 0 unspecified atom stereocenters. The van der Waals surface area contributed by atoms with Gasteiger partial charge < -0.3 is 9.80 Å². The lowest BCUT2D eigenvalue weighted by atomic mass is 10.2. The van der Waals surface area contributed by atoms with Crippen LogP contribution in [0, 0.1) is 6.92 Å². The van der Waals surface area contributed by atoms with E-state index in [-0.39, 0.29) is 11.5 Å². The van der Waals surface area contributed by atoms with Gasteiger partial charge in [0, 0.05) is 26.2 Å². The quantitative estimate of drug-likeness (QED) is 0.481. The van der Waals surface area contributed by atoms with Gasteiger partial charge in [-0.1, -0.05) is 42.5 Å². The van der Waals surface area contributed by atoms with E-state index in [1.807, 2.05) is 82.8 Å². The van der Waals surface area contributed by atoms with Gasteiger partial charge in [-0.25, -0.2) is 4.98 Å². The molecule has 5 rings (SSSR count). The molecule has 6 nitrogen and oxygen atoms in total. The Morgan fingerprint density at radius 2 is 1.69 bits per heavy atom. The minimum absolute atomic E-state index is 0.0742. The Morgan fingerprint density at radius 1 is 0.969 bits per heavy atom. The number of amides is 1. The number of carbonyl (C=O) groups excluding carboxylic acids is 1. The molecule has 3 heterocycles. The Kier molecular flexibility index (Phi) is 5.49. The molecule has 0 saturated carbocycles. The Balaban J connectivity index is 1.44. The highest BCUT2D eigenvalue weighted by Gasteiger charge is 2.26. The van der Waals surface area contributed by atoms with Crippen LogP contribution < -0.4 is 10.5 Å². The lowest BCUT2D eigenvalue weighted by Crippen LogP contribution is -2.50. The number of rotatable bonds is 4. The van der Waals surface area contributed by atoms with Gasteiger partial charge >= 0.3 is 0 Å². The highest BCUT2D eigenvalue weighted by molar-refractivity contribution is 7.12. The second-order valence-corrected chi connectivity index (χ2v) is 8.93. The van der Waals surface area contributed by atoms with Crippen molar-refractivity contribution >= 4 is 34.1 Å². The van der Waals surface area contributed by atoms with E-state index in [4.69, 9.17) is 4.98 Å². The average molecular weight is 445 g/mol. The summed E-state index contributed by atoms with van der Waals surface area (Å²) in [6.45, 7) is 4.77. The van der Waals surface area contributed by atoms with Crippen molar-refractivity contribution in [2.45, 2.75) is 13.5 Å². The largest absolute Gasteiger partial charge is 0.348 e. The maximum absolute atomic E-state index is 13.5. The van der Waals surface area contributed by atoms with E-state index in [2.05, 4.69) is 0 Å². The van der Waals surface area contributed by atoms with Crippen LogP contribution in [0.2, 0.25) is 0 Å². The molecule has 1 fully saturated rings. The van der Waals surface area contributed by atoms with Gasteiger partial charge in [0.05, 0.1) is 22.5 Å². The smallest absolute Gasteiger partial charge is 0.294 e. The maximum atomic E-state index is 13.5. The molecule has 0 bridgehead atoms. The number of thiophene rings is 1. The zero-order valence-electron chi connectivity index (χ0n) is 17.9. The van der Waals surface area contributed by atoms with Gasteiger partial charge in [-0.05, 0) is 41.6 Å². The van der Waals surface area contributed by atoms with Crippen LogP contribution in [0.15, 0.2) is 70.8 Å². The molecule has 0 N–H and O–H groups in total. The summed E-state index contributed by atoms with van der Waals surface area (Å²) in [7, 11) is 0. The number of hydrogen-bond donors (Lipinski definition) is 0. The molecule has 162 valence electrons. The van der Waals surface area contributed by atoms with E-state index in [9.17, 15) is 9.59 Å². The van der Waals surface area contributed by atoms with E-state index < -0.39 is 0 Å². The summed E-state index contributed by atoms with van der Waals surface area (Å²) in [6, 6.07) is 19.7. The predicted octanol–water partition coefficient (Wildman–Crippen LogP) is 3.78. The Bertz CT molecular complexity index is 1320. The lowest BCUT2D eigenvalue weighted by molar-refractivity contribution is 0.0750. The van der Waals surface area contributed by atoms with Crippen molar-refractivity contribution in [3.63, 3.8) is 0 Å². The molecular weight excluding hydrogens is 420 g/mol. The highest BCUT2D eigenvalue weighted by Crippen LogP contribution is 2.21. The number of piperazine rings is 1. The lowest BCUT2D eigenvalue weighted by Gasteiger charge is -2.35. The molecule has 2 aromatic carbocycles. The molecule has 1 aliphatic rings. The number of hydrogen-bond acceptors (Lipinski definition) is 5. The minimum Gasteiger partial charge on any atom is -0.348 e. The zero-order valence-corrected chi connectivity index (χ0v) is 18.7. The van der Waals surface area contributed by atoms with E-state index in [0.717, 1.165) is 27.0 Å². The van der Waals surface area contributed by atoms with Crippen molar-refractivity contribution in [3.05, 3.63) is 92.4 Å². The van der Waals surface area contributed by atoms with Crippen molar-refractivity contribution in [1.29, 1.82) is 0 Å². The molecular formula is C25H24N4O2S. The third-order valence-corrected chi connectivity index (χ3v) is 6.95. The zero-order chi connectivity index (χ0) is 22.1. The van der Waals surface area contributed by atoms with E-state index >= 15 is 0 Å². The van der Waals surface area contributed by atoms with E-state index in [0.29, 0.717) is 38.5 Å². The topological polar surface area (TPSA) is 58.4 Å². The number of aryl methyl sites for hydroxylation is 1. The first-order chi connectivity index (χ1) is 15.6. The first-order valence-electron chi connectivity index (χ1n) is 10.7. The van der Waals surface area contributed by atoms with Crippen molar-refractivity contribution < 1.29 is 4.79 Å². The summed E-state index contributed by atoms with van der Waals surface area (Å²) in [5.74, 6) is 0.532. The van der Waals surface area contributed by atoms with Gasteiger partial charge in [-0.3, -0.25) is 14.2 Å². The molecule has 0 atom stereocenters. The fraction of sp³-hybridized carbons (Fsp3) is 0.240. The second kappa shape index (κ2) is 8.59. The van der Waals surface area contributed by atoms with Gasteiger partial charge in [0.15, 0.2) is 5.82 Å². The summed E-state index contributed by atoms with van der Waals surface area (Å²) < 4.78 is 1.81. The summed E-state index contributed by atoms with van der Waals surface area (Å²) >= 11 is 1.48. The number of fused-ring (bicyclic) bond motifs is 1. The molecule has 0 aliphatic carbocycles. The number of anilines is 1. The van der Waals surface area contributed by atoms with Gasteiger partial charge in [0.2, 0.25) is 0 Å². The molecule has 7 heteroatoms. The highest BCUT2D eigenvalue weighted by atomic mass is 32.1. The van der Waals surface area contributed by atoms with Crippen LogP contribution in [-0.4, -0.2) is 46.5 Å². The Hall–Kier alpha value is -3.45. The second-order valence-electron chi connectivity index (χ2n) is 8.01. The number of aromatic nitrogens is 2. The summed E-state index contributed by atoms with van der Waals surface area (Å²) in [5, 5.41) is 1.95. The number of para-hydroxylation sites is 2. The maximum Gasteiger partial charge on any atom is 0.294 e. The first kappa shape index (κ1) is 20.5. The normalized spacial score (nSPS) is 14.2. The van der Waals surface area contributed by atoms with E-state index in [1.54, 1.807) is 4.57 Å². The predicted molar refractivity (Wildman–Crippen MR) is 129 cm³/mol. The fourth-order valence-corrected chi connectivity index (χ4v) is 5.06. The first-order valence-corrected chi connectivity index (χ1v) is 11.6. The van der Waals surface area contributed by atoms with Gasteiger partial charge in [0.25, 0.3) is 11.5 Å². The SMILES string of the molecule is Cc1ccsc1C(=O)N1CCN(c2nc3ccccc3n(Cc3ccccc3)c2=O)CC1. The summed E-state index contributed by atoms with van der Waals surface area (Å²) in [6.07, 6.45) is 0. The molecule has 1 aliphatic heterocycles. The van der Waals surface area contributed by atoms with Crippen LogP contribution in [0.3, 0.4) is 0 Å². The summed E-state index contributed by atoms with van der Waals surface area (Å²) in [5.41, 5.74) is 3.61. The van der Waals surface area contributed by atoms with E-state index in [1.165, 1.54) is 11.3 Å². The third kappa shape index (κ3) is 3.80. The third-order valence-electron chi connectivity index (χ3n) is 5.94. The number of carbonyl (C=O) groups is 1. The molecule has 4 aromatic rings. The fourth-order valence-electron chi connectivity index (χ4n) is 4.16. The summed E-state index contributed by atoms with van der Waals surface area (Å²) in [4.78, 5) is 35.8. The van der Waals surface area contributed by atoms with Crippen molar-refractivity contribution in [2.24, 2.45) is 0 Å². The molecule has 32 heavy (non-hydrogen) atoms. The van der Waals surface area contributed by atoms with Crippen molar-refractivity contribution in [1.82, 2.24) is 14.5 Å². The average Bonchev–Trinajstić information content (AvgIpc) is 3.27. The van der Waals surface area contributed by atoms with Crippen molar-refractivity contribution in [3.8, 4) is 0 Å².